The minimum atomic E-state index is 0.468. The summed E-state index contributed by atoms with van der Waals surface area (Å²) in [6.07, 6.45) is 5.93. The molecule has 6 rings (SSSR count). The van der Waals surface area contributed by atoms with Crippen LogP contribution in [0.3, 0.4) is 0 Å². The van der Waals surface area contributed by atoms with Gasteiger partial charge in [0.15, 0.2) is 5.11 Å². The molecule has 4 heterocycles. The Kier molecular flexibility index (Phi) is 7.72. The number of nitrogens with one attached hydrogen (secondary N) is 2. The van der Waals surface area contributed by atoms with Crippen molar-refractivity contribution in [2.75, 3.05) is 34.8 Å². The molecule has 1 saturated heterocycles. The topological polar surface area (TPSA) is 69.5 Å². The van der Waals surface area contributed by atoms with Crippen LogP contribution in [0.25, 0.3) is 11.3 Å². The van der Waals surface area contributed by atoms with Crippen molar-refractivity contribution in [1.82, 2.24) is 15.3 Å². The van der Waals surface area contributed by atoms with Gasteiger partial charge in [-0.05, 0) is 54.7 Å². The Morgan fingerprint density at radius 3 is 2.31 bits per heavy atom. The van der Waals surface area contributed by atoms with E-state index in [-0.39, 0.29) is 0 Å². The van der Waals surface area contributed by atoms with Gasteiger partial charge in [-0.2, -0.15) is 9.97 Å². The van der Waals surface area contributed by atoms with E-state index in [1.807, 2.05) is 42.5 Å². The average molecular weight is 539 g/mol. The Hall–Kier alpha value is -3.91. The summed E-state index contributed by atoms with van der Waals surface area (Å²) in [5, 5.41) is 6.97. The standard InChI is InChI=1S/C31H34N6OS/c39-31(32-21-26-14-15-27(38-26)24-11-4-3-5-12-24)35-30-33-28(36-17-8-1-2-9-18-36)20-29(34-30)37-19-16-23-10-6-7-13-25(23)22-37/h3-7,10-15,20H,1-2,8-9,16-19,21-22H2,(H2,32,33,34,35,39). The number of benzene rings is 2. The monoisotopic (exact) mass is 538 g/mol. The summed E-state index contributed by atoms with van der Waals surface area (Å²) in [6.45, 7) is 4.28. The zero-order valence-electron chi connectivity index (χ0n) is 22.1. The van der Waals surface area contributed by atoms with Crippen LogP contribution in [0, 0.1) is 0 Å². The third kappa shape index (κ3) is 6.23. The van der Waals surface area contributed by atoms with Crippen LogP contribution in [-0.4, -0.2) is 34.7 Å². The highest BCUT2D eigenvalue weighted by atomic mass is 32.1. The maximum absolute atomic E-state index is 6.01. The van der Waals surface area contributed by atoms with Crippen molar-refractivity contribution in [3.05, 3.63) is 89.7 Å². The fourth-order valence-corrected chi connectivity index (χ4v) is 5.50. The van der Waals surface area contributed by atoms with E-state index < -0.39 is 0 Å². The minimum absolute atomic E-state index is 0.468. The molecule has 0 spiro atoms. The van der Waals surface area contributed by atoms with Crippen molar-refractivity contribution >= 4 is 34.9 Å². The van der Waals surface area contributed by atoms with Gasteiger partial charge in [-0.1, -0.05) is 67.4 Å². The third-order valence-corrected chi connectivity index (χ3v) is 7.70. The molecule has 0 amide bonds. The summed E-state index contributed by atoms with van der Waals surface area (Å²) in [7, 11) is 0. The lowest BCUT2D eigenvalue weighted by atomic mass is 10.00. The molecule has 0 aliphatic carbocycles. The van der Waals surface area contributed by atoms with Crippen molar-refractivity contribution in [2.45, 2.75) is 45.2 Å². The molecule has 2 aromatic carbocycles. The second-order valence-electron chi connectivity index (χ2n) is 10.2. The molecule has 7 nitrogen and oxygen atoms in total. The predicted octanol–water partition coefficient (Wildman–Crippen LogP) is 6.17. The summed E-state index contributed by atoms with van der Waals surface area (Å²) < 4.78 is 6.01. The lowest BCUT2D eigenvalue weighted by molar-refractivity contribution is 0.516. The van der Waals surface area contributed by atoms with Crippen LogP contribution >= 0.6 is 12.2 Å². The second-order valence-corrected chi connectivity index (χ2v) is 10.6. The molecule has 200 valence electrons. The van der Waals surface area contributed by atoms with Gasteiger partial charge in [-0.15, -0.1) is 0 Å². The summed E-state index contributed by atoms with van der Waals surface area (Å²) in [4.78, 5) is 14.6. The fourth-order valence-electron chi connectivity index (χ4n) is 5.34. The Morgan fingerprint density at radius 2 is 1.51 bits per heavy atom. The molecule has 0 radical (unpaired) electrons. The van der Waals surface area contributed by atoms with E-state index in [1.54, 1.807) is 0 Å². The number of anilines is 3. The smallest absolute Gasteiger partial charge is 0.232 e. The second kappa shape index (κ2) is 11.9. The molecule has 0 atom stereocenters. The number of hydrogen-bond acceptors (Lipinski definition) is 6. The average Bonchev–Trinajstić information content (AvgIpc) is 3.29. The minimum Gasteiger partial charge on any atom is -0.459 e. The molecule has 0 unspecified atom stereocenters. The van der Waals surface area contributed by atoms with Crippen LogP contribution in [0.15, 0.2) is 77.2 Å². The summed E-state index contributed by atoms with van der Waals surface area (Å²) in [5.74, 6) is 4.07. The lowest BCUT2D eigenvalue weighted by Crippen LogP contribution is -2.33. The maximum Gasteiger partial charge on any atom is 0.232 e. The SMILES string of the molecule is S=C(NCc1ccc(-c2ccccc2)o1)Nc1nc(N2CCCCCC2)cc(N2CCc3ccccc3C2)n1. The van der Waals surface area contributed by atoms with Gasteiger partial charge in [0.25, 0.3) is 0 Å². The van der Waals surface area contributed by atoms with Gasteiger partial charge in [0.1, 0.15) is 23.2 Å². The molecule has 1 fully saturated rings. The molecule has 39 heavy (non-hydrogen) atoms. The Morgan fingerprint density at radius 1 is 0.795 bits per heavy atom. The number of nitrogens with zero attached hydrogens (tertiary/aromatic N) is 4. The van der Waals surface area contributed by atoms with Gasteiger partial charge < -0.3 is 24.9 Å². The molecule has 0 bridgehead atoms. The van der Waals surface area contributed by atoms with Crippen LogP contribution in [0.5, 0.6) is 0 Å². The first-order valence-corrected chi connectivity index (χ1v) is 14.3. The van der Waals surface area contributed by atoms with E-state index in [9.17, 15) is 0 Å². The van der Waals surface area contributed by atoms with Crippen LogP contribution < -0.4 is 20.4 Å². The Balaban J connectivity index is 1.18. The van der Waals surface area contributed by atoms with Gasteiger partial charge in [-0.25, -0.2) is 0 Å². The van der Waals surface area contributed by atoms with Gasteiger partial charge in [0.05, 0.1) is 6.54 Å². The van der Waals surface area contributed by atoms with Crippen molar-refractivity contribution in [3.63, 3.8) is 0 Å². The number of fused-ring (bicyclic) bond motifs is 1. The van der Waals surface area contributed by atoms with Crippen molar-refractivity contribution in [1.29, 1.82) is 0 Å². The number of rotatable bonds is 6. The lowest BCUT2D eigenvalue weighted by Gasteiger charge is -2.31. The first-order chi connectivity index (χ1) is 19.2. The molecular weight excluding hydrogens is 504 g/mol. The number of thiocarbonyl (C=S) groups is 1. The zero-order valence-corrected chi connectivity index (χ0v) is 22.9. The van der Waals surface area contributed by atoms with Crippen molar-refractivity contribution < 1.29 is 4.42 Å². The van der Waals surface area contributed by atoms with E-state index in [0.29, 0.717) is 17.6 Å². The van der Waals surface area contributed by atoms with Crippen LogP contribution in [0.4, 0.5) is 17.6 Å². The molecular formula is C31H34N6OS. The summed E-state index contributed by atoms with van der Waals surface area (Å²) >= 11 is 5.64. The van der Waals surface area contributed by atoms with Crippen molar-refractivity contribution in [2.24, 2.45) is 0 Å². The molecule has 2 aliphatic rings. The fraction of sp³-hybridized carbons (Fsp3) is 0.323. The van der Waals surface area contributed by atoms with E-state index in [1.165, 1.54) is 36.8 Å². The third-order valence-electron chi connectivity index (χ3n) is 7.45. The van der Waals surface area contributed by atoms with Crippen LogP contribution in [0.2, 0.25) is 0 Å². The first kappa shape index (κ1) is 25.4. The zero-order chi connectivity index (χ0) is 26.4. The molecule has 2 N–H and O–H groups in total. The number of hydrogen-bond donors (Lipinski definition) is 2. The molecule has 2 aliphatic heterocycles. The molecule has 4 aromatic rings. The van der Waals surface area contributed by atoms with Gasteiger partial charge in [0.2, 0.25) is 5.95 Å². The quantitative estimate of drug-likeness (QED) is 0.283. The van der Waals surface area contributed by atoms with E-state index >= 15 is 0 Å². The van der Waals surface area contributed by atoms with Gasteiger partial charge in [0, 0.05) is 37.8 Å². The normalized spacial score (nSPS) is 15.4. The highest BCUT2D eigenvalue weighted by Gasteiger charge is 2.21. The largest absolute Gasteiger partial charge is 0.459 e. The summed E-state index contributed by atoms with van der Waals surface area (Å²) in [5.41, 5.74) is 3.84. The highest BCUT2D eigenvalue weighted by molar-refractivity contribution is 7.80. The van der Waals surface area contributed by atoms with E-state index in [4.69, 9.17) is 26.6 Å². The number of aromatic nitrogens is 2. The van der Waals surface area contributed by atoms with Crippen LogP contribution in [0.1, 0.15) is 42.6 Å². The summed E-state index contributed by atoms with van der Waals surface area (Å²) in [6, 6.07) is 24.9. The Labute approximate surface area is 235 Å². The highest BCUT2D eigenvalue weighted by Crippen LogP contribution is 2.28. The maximum atomic E-state index is 6.01. The van der Waals surface area contributed by atoms with E-state index in [2.05, 4.69) is 50.8 Å². The molecule has 2 aromatic heterocycles. The molecule has 0 saturated carbocycles. The Bertz CT molecular complexity index is 1410. The predicted molar refractivity (Wildman–Crippen MR) is 161 cm³/mol. The van der Waals surface area contributed by atoms with Gasteiger partial charge >= 0.3 is 0 Å². The first-order valence-electron chi connectivity index (χ1n) is 13.9. The van der Waals surface area contributed by atoms with Crippen molar-refractivity contribution in [3.8, 4) is 11.3 Å². The number of furan rings is 1. The van der Waals surface area contributed by atoms with Crippen LogP contribution in [-0.2, 0) is 19.5 Å². The molecule has 8 heteroatoms. The van der Waals surface area contributed by atoms with E-state index in [0.717, 1.165) is 61.3 Å². The van der Waals surface area contributed by atoms with Gasteiger partial charge in [-0.3, -0.25) is 0 Å².